The molecule has 1 amide bonds. The predicted molar refractivity (Wildman–Crippen MR) is 90.6 cm³/mol. The van der Waals surface area contributed by atoms with Crippen LogP contribution in [0.2, 0.25) is 0 Å². The summed E-state index contributed by atoms with van der Waals surface area (Å²) in [6, 6.07) is 4.49. The average Bonchev–Trinajstić information content (AvgIpc) is 2.97. The number of carbonyl (C=O) groups excluding carboxylic acids is 1. The lowest BCUT2D eigenvalue weighted by Gasteiger charge is -2.15. The van der Waals surface area contributed by atoms with Gasteiger partial charge >= 0.3 is 0 Å². The fourth-order valence-electron chi connectivity index (χ4n) is 2.69. The van der Waals surface area contributed by atoms with Crippen LogP contribution >= 0.6 is 0 Å². The largest absolute Gasteiger partial charge is 0.360 e. The highest BCUT2D eigenvalue weighted by Crippen LogP contribution is 2.23. The van der Waals surface area contributed by atoms with E-state index in [-0.39, 0.29) is 11.6 Å². The van der Waals surface area contributed by atoms with E-state index in [0.29, 0.717) is 23.4 Å². The first-order valence-electron chi connectivity index (χ1n) is 8.10. The van der Waals surface area contributed by atoms with Gasteiger partial charge in [0.05, 0.1) is 10.5 Å². The second kappa shape index (κ2) is 7.76. The zero-order valence-corrected chi connectivity index (χ0v) is 13.6. The van der Waals surface area contributed by atoms with Crippen molar-refractivity contribution in [3.8, 4) is 0 Å². The Hall–Kier alpha value is -2.37. The van der Waals surface area contributed by atoms with E-state index in [1.807, 2.05) is 0 Å². The van der Waals surface area contributed by atoms with Crippen LogP contribution < -0.4 is 5.32 Å². The highest BCUT2D eigenvalue weighted by Gasteiger charge is 2.16. The van der Waals surface area contributed by atoms with Crippen LogP contribution in [-0.2, 0) is 0 Å². The number of rotatable bonds is 8. The Bertz CT molecular complexity index is 693. The molecule has 23 heavy (non-hydrogen) atoms. The summed E-state index contributed by atoms with van der Waals surface area (Å²) < 4.78 is 0. The van der Waals surface area contributed by atoms with E-state index >= 15 is 0 Å². The molecular formula is C17H23N3O3. The molecule has 0 aliphatic heterocycles. The van der Waals surface area contributed by atoms with Crippen molar-refractivity contribution in [3.05, 3.63) is 40.1 Å². The molecule has 6 heteroatoms. The number of non-ortho nitro benzene ring substituents is 1. The lowest BCUT2D eigenvalue weighted by Crippen LogP contribution is -2.29. The molecule has 1 aromatic carbocycles. The summed E-state index contributed by atoms with van der Waals surface area (Å²) >= 11 is 0. The van der Waals surface area contributed by atoms with Crippen molar-refractivity contribution in [3.63, 3.8) is 0 Å². The third-order valence-corrected chi connectivity index (χ3v) is 4.22. The SMILES string of the molecule is CCCCC(CC)CNC(=O)c1c[nH]c2ccc([N+](=O)[O-])cc12. The molecule has 1 aromatic heterocycles. The lowest BCUT2D eigenvalue weighted by atomic mass is 9.99. The molecule has 2 rings (SSSR count). The van der Waals surface area contributed by atoms with Crippen molar-refractivity contribution in [2.24, 2.45) is 5.92 Å². The van der Waals surface area contributed by atoms with Crippen LogP contribution in [0.15, 0.2) is 24.4 Å². The molecule has 1 atom stereocenters. The molecule has 0 radical (unpaired) electrons. The highest BCUT2D eigenvalue weighted by molar-refractivity contribution is 6.07. The minimum absolute atomic E-state index is 0.0134. The number of hydrogen-bond donors (Lipinski definition) is 2. The number of aromatic nitrogens is 1. The molecule has 0 saturated carbocycles. The molecule has 2 aromatic rings. The molecule has 2 N–H and O–H groups in total. The topological polar surface area (TPSA) is 88.0 Å². The second-order valence-corrected chi connectivity index (χ2v) is 5.82. The number of benzene rings is 1. The zero-order valence-electron chi connectivity index (χ0n) is 13.6. The summed E-state index contributed by atoms with van der Waals surface area (Å²) in [6.07, 6.45) is 6.05. The van der Waals surface area contributed by atoms with Gasteiger partial charge in [-0.3, -0.25) is 14.9 Å². The Kier molecular flexibility index (Phi) is 5.73. The molecule has 0 bridgehead atoms. The lowest BCUT2D eigenvalue weighted by molar-refractivity contribution is -0.384. The monoisotopic (exact) mass is 317 g/mol. The van der Waals surface area contributed by atoms with Crippen molar-refractivity contribution >= 4 is 22.5 Å². The van der Waals surface area contributed by atoms with Crippen molar-refractivity contribution < 1.29 is 9.72 Å². The Labute approximate surface area is 135 Å². The van der Waals surface area contributed by atoms with E-state index < -0.39 is 4.92 Å². The number of nitro benzene ring substituents is 1. The van der Waals surface area contributed by atoms with E-state index in [9.17, 15) is 14.9 Å². The normalized spacial score (nSPS) is 12.3. The standard InChI is InChI=1S/C17H23N3O3/c1-3-5-6-12(4-2)10-19-17(21)15-11-18-16-8-7-13(20(22)23)9-14(15)16/h7-9,11-12,18H,3-6,10H2,1-2H3,(H,19,21). The molecule has 6 nitrogen and oxygen atoms in total. The van der Waals surface area contributed by atoms with Crippen LogP contribution in [0.4, 0.5) is 5.69 Å². The van der Waals surface area contributed by atoms with E-state index in [1.165, 1.54) is 12.1 Å². The van der Waals surface area contributed by atoms with Gasteiger partial charge in [0.15, 0.2) is 0 Å². The van der Waals surface area contributed by atoms with Crippen LogP contribution in [0.1, 0.15) is 49.9 Å². The van der Waals surface area contributed by atoms with Gasteiger partial charge in [0.1, 0.15) is 0 Å². The number of nitro groups is 1. The number of unbranched alkanes of at least 4 members (excludes halogenated alkanes) is 1. The van der Waals surface area contributed by atoms with E-state index in [4.69, 9.17) is 0 Å². The van der Waals surface area contributed by atoms with Crippen molar-refractivity contribution in [2.45, 2.75) is 39.5 Å². The van der Waals surface area contributed by atoms with Crippen molar-refractivity contribution in [1.29, 1.82) is 0 Å². The highest BCUT2D eigenvalue weighted by atomic mass is 16.6. The van der Waals surface area contributed by atoms with Gasteiger partial charge in [-0.05, 0) is 18.4 Å². The Balaban J connectivity index is 2.11. The number of H-pyrrole nitrogens is 1. The van der Waals surface area contributed by atoms with Gasteiger partial charge in [-0.2, -0.15) is 0 Å². The maximum atomic E-state index is 12.4. The molecular weight excluding hydrogens is 294 g/mol. The third kappa shape index (κ3) is 4.09. The number of carbonyl (C=O) groups is 1. The molecule has 0 spiro atoms. The quantitative estimate of drug-likeness (QED) is 0.569. The number of hydrogen-bond acceptors (Lipinski definition) is 3. The zero-order chi connectivity index (χ0) is 16.8. The van der Waals surface area contributed by atoms with Gasteiger partial charge < -0.3 is 10.3 Å². The van der Waals surface area contributed by atoms with Crippen LogP contribution in [0, 0.1) is 16.0 Å². The van der Waals surface area contributed by atoms with Crippen LogP contribution in [0.5, 0.6) is 0 Å². The minimum atomic E-state index is -0.452. The minimum Gasteiger partial charge on any atom is -0.360 e. The third-order valence-electron chi connectivity index (χ3n) is 4.22. The first kappa shape index (κ1) is 17.0. The number of amides is 1. The Morgan fingerprint density at radius 1 is 1.39 bits per heavy atom. The van der Waals surface area contributed by atoms with Crippen LogP contribution in [0.3, 0.4) is 0 Å². The number of aromatic amines is 1. The summed E-state index contributed by atoms with van der Waals surface area (Å²) in [5.41, 5.74) is 1.16. The number of nitrogens with one attached hydrogen (secondary N) is 2. The van der Waals surface area contributed by atoms with Gasteiger partial charge in [0.2, 0.25) is 0 Å². The first-order valence-corrected chi connectivity index (χ1v) is 8.10. The summed E-state index contributed by atoms with van der Waals surface area (Å²) in [7, 11) is 0. The van der Waals surface area contributed by atoms with Gasteiger partial charge in [0, 0.05) is 35.8 Å². The smallest absolute Gasteiger partial charge is 0.270 e. The van der Waals surface area contributed by atoms with Gasteiger partial charge in [-0.1, -0.05) is 33.1 Å². The fourth-order valence-corrected chi connectivity index (χ4v) is 2.69. The van der Waals surface area contributed by atoms with E-state index in [2.05, 4.69) is 24.1 Å². The van der Waals surface area contributed by atoms with Gasteiger partial charge in [-0.15, -0.1) is 0 Å². The average molecular weight is 317 g/mol. The summed E-state index contributed by atoms with van der Waals surface area (Å²) in [4.78, 5) is 25.8. The predicted octanol–water partition coefficient (Wildman–Crippen LogP) is 4.02. The molecule has 0 aliphatic rings. The summed E-state index contributed by atoms with van der Waals surface area (Å²) in [5, 5.41) is 14.4. The maximum absolute atomic E-state index is 12.4. The summed E-state index contributed by atoms with van der Waals surface area (Å²) in [5.74, 6) is 0.283. The molecule has 1 heterocycles. The fraction of sp³-hybridized carbons (Fsp3) is 0.471. The molecule has 1 unspecified atom stereocenters. The van der Waals surface area contributed by atoms with Crippen LogP contribution in [-0.4, -0.2) is 22.4 Å². The summed E-state index contributed by atoms with van der Waals surface area (Å²) in [6.45, 7) is 4.92. The molecule has 0 aliphatic carbocycles. The van der Waals surface area contributed by atoms with Crippen LogP contribution in [0.25, 0.3) is 10.9 Å². The Morgan fingerprint density at radius 2 is 2.17 bits per heavy atom. The van der Waals surface area contributed by atoms with Gasteiger partial charge in [0.25, 0.3) is 11.6 Å². The Morgan fingerprint density at radius 3 is 2.83 bits per heavy atom. The number of fused-ring (bicyclic) bond motifs is 1. The van der Waals surface area contributed by atoms with Crippen molar-refractivity contribution in [2.75, 3.05) is 6.54 Å². The molecule has 0 fully saturated rings. The molecule has 0 saturated heterocycles. The van der Waals surface area contributed by atoms with E-state index in [0.717, 1.165) is 31.2 Å². The second-order valence-electron chi connectivity index (χ2n) is 5.82. The number of nitrogens with zero attached hydrogens (tertiary/aromatic N) is 1. The van der Waals surface area contributed by atoms with E-state index in [1.54, 1.807) is 12.3 Å². The molecule has 124 valence electrons. The van der Waals surface area contributed by atoms with Gasteiger partial charge in [-0.25, -0.2) is 0 Å². The first-order chi connectivity index (χ1) is 11.1. The van der Waals surface area contributed by atoms with Crippen molar-refractivity contribution in [1.82, 2.24) is 10.3 Å². The maximum Gasteiger partial charge on any atom is 0.270 e.